The molecular formula is C66H57N19O8S6. The summed E-state index contributed by atoms with van der Waals surface area (Å²) in [5, 5.41) is 43.7. The highest BCUT2D eigenvalue weighted by molar-refractivity contribution is 7.99. The van der Waals surface area contributed by atoms with Gasteiger partial charge in [0.05, 0.1) is 27.7 Å². The van der Waals surface area contributed by atoms with Gasteiger partial charge < -0.3 is 40.9 Å². The Balaban J connectivity index is 0.000000125. The van der Waals surface area contributed by atoms with E-state index in [0.717, 1.165) is 91.5 Å². The largest absolute Gasteiger partial charge is 0.497 e. The molecule has 1 aliphatic heterocycles. The summed E-state index contributed by atoms with van der Waals surface area (Å²) in [6.07, 6.45) is 29.9. The highest BCUT2D eigenvalue weighted by Crippen LogP contribution is 2.33. The number of imidazole rings is 1. The van der Waals surface area contributed by atoms with Gasteiger partial charge in [0.1, 0.15) is 11.5 Å². The molecule has 1 aliphatic rings. The fourth-order valence-electron chi connectivity index (χ4n) is 8.04. The van der Waals surface area contributed by atoms with Gasteiger partial charge in [-0.2, -0.15) is 0 Å². The minimum absolute atomic E-state index is 0.489. The molecule has 0 aliphatic carbocycles. The summed E-state index contributed by atoms with van der Waals surface area (Å²) in [7, 11) is 4.91. The second-order valence-corrected chi connectivity index (χ2v) is 25.7. The van der Waals surface area contributed by atoms with Crippen molar-refractivity contribution < 1.29 is 36.3 Å². The Morgan fingerprint density at radius 3 is 1.27 bits per heavy atom. The first-order valence-corrected chi connectivity index (χ1v) is 35.3. The second kappa shape index (κ2) is 37.7. The minimum Gasteiger partial charge on any atom is -0.497 e. The van der Waals surface area contributed by atoms with Gasteiger partial charge in [0.15, 0.2) is 0 Å². The van der Waals surface area contributed by atoms with E-state index in [4.69, 9.17) is 36.3 Å². The molecule has 27 nitrogen and oxygen atoms in total. The van der Waals surface area contributed by atoms with E-state index < -0.39 is 0 Å². The zero-order valence-corrected chi connectivity index (χ0v) is 57.7. The summed E-state index contributed by atoms with van der Waals surface area (Å²) in [5.41, 5.74) is 6.87. The van der Waals surface area contributed by atoms with E-state index in [2.05, 4.69) is 103 Å². The molecule has 500 valence electrons. The summed E-state index contributed by atoms with van der Waals surface area (Å²) in [4.78, 5) is 34.0. The standard InChI is InChI=1S/C16H15N3O2S.C14H11N3O2S.C12H11N5OS.C12H10N4O2S2.C12H10N4OS/c1-20-14-4-2-12(3-5-14)8-11-22-16-19-18-15(21-16)13-6-9-17-10-7-13;1-18-11-2-4-12(5-3-11)20-14-17-16-13(19-14)10-6-8-15-9-7-10;1-3-13-4-2-10(1)11-15-16-12(18-11)19-8-7-17-6-5-14-9-17;1-17-11-14-6-9(20-11)7-19-12-16-15-10(18-12)8-2-4-13-5-3-8;1-4-14-7-9(1)8-18-12-16-15-11(17-12)10-2-5-13-6-3-10/h2-7,9-10H,8,11H2,1H3;2-9H,1H3;1-6,9H,7-8H2;2-6H,7H2,1H3;2-7H,1,8H2. The van der Waals surface area contributed by atoms with Crippen LogP contribution in [0.1, 0.15) is 16.9 Å². The van der Waals surface area contributed by atoms with Gasteiger partial charge >= 0.3 is 0 Å². The van der Waals surface area contributed by atoms with Crippen LogP contribution in [0.3, 0.4) is 0 Å². The molecule has 0 saturated heterocycles. The van der Waals surface area contributed by atoms with E-state index in [1.165, 1.54) is 69.5 Å². The first-order chi connectivity index (χ1) is 48.9. The third-order valence-electron chi connectivity index (χ3n) is 13.0. The van der Waals surface area contributed by atoms with E-state index in [-0.39, 0.29) is 0 Å². The predicted octanol–water partition coefficient (Wildman–Crippen LogP) is 14.4. The predicted molar refractivity (Wildman–Crippen MR) is 375 cm³/mol. The Hall–Kier alpha value is -10.7. The SMILES string of the molecule is C1=NC=C(CSc2nnc(-c3ccncc3)o2)C1.COc1ccc(CCSc2nnc(-c3ccncc3)o2)cc1.COc1ccc(Sc2nnc(-c3ccncc3)o2)cc1.COc1ncc(CSc2nnc(-c3ccncc3)o2)s1.c1cc(-c2nnc(SCCn3ccnc3)o2)ccn1. The average molecular weight is 1440 g/mol. The van der Waals surface area contributed by atoms with Gasteiger partial charge in [0, 0.05) is 167 Å². The van der Waals surface area contributed by atoms with Gasteiger partial charge in [-0.1, -0.05) is 70.5 Å². The van der Waals surface area contributed by atoms with Crippen molar-refractivity contribution in [2.45, 2.75) is 56.1 Å². The van der Waals surface area contributed by atoms with E-state index in [1.54, 1.807) is 114 Å². The molecule has 2 aromatic carbocycles. The number of aryl methyl sites for hydroxylation is 2. The molecule has 99 heavy (non-hydrogen) atoms. The van der Waals surface area contributed by atoms with Crippen molar-refractivity contribution in [2.24, 2.45) is 4.99 Å². The lowest BCUT2D eigenvalue weighted by molar-refractivity contribution is 0.412. The second-order valence-electron chi connectivity index (χ2n) is 19.6. The van der Waals surface area contributed by atoms with Crippen LogP contribution in [0.2, 0.25) is 0 Å². The Labute approximate surface area is 591 Å². The number of benzene rings is 2. The third kappa shape index (κ3) is 22.2. The summed E-state index contributed by atoms with van der Waals surface area (Å²) < 4.78 is 45.3. The molecule has 0 amide bonds. The molecule has 0 saturated carbocycles. The maximum absolute atomic E-state index is 5.64. The molecule has 12 aromatic heterocycles. The Morgan fingerprint density at radius 1 is 0.434 bits per heavy atom. The van der Waals surface area contributed by atoms with Crippen LogP contribution in [0, 0.1) is 0 Å². The molecule has 0 radical (unpaired) electrons. The van der Waals surface area contributed by atoms with Crippen molar-refractivity contribution in [1.82, 2.24) is 90.4 Å². The van der Waals surface area contributed by atoms with Crippen LogP contribution in [0.25, 0.3) is 57.3 Å². The average Bonchev–Trinajstić information content (AvgIpc) is 1.86. The molecule has 0 spiro atoms. The lowest BCUT2D eigenvalue weighted by Gasteiger charge is -2.02. The van der Waals surface area contributed by atoms with Crippen LogP contribution in [-0.4, -0.2) is 135 Å². The molecule has 33 heteroatoms. The zero-order valence-electron chi connectivity index (χ0n) is 52.8. The first kappa shape index (κ1) is 69.6. The van der Waals surface area contributed by atoms with Crippen LogP contribution >= 0.6 is 70.1 Å². The highest BCUT2D eigenvalue weighted by atomic mass is 32.2. The number of ether oxygens (including phenoxy) is 3. The summed E-state index contributed by atoms with van der Waals surface area (Å²) in [6.45, 7) is 0.859. The number of rotatable bonds is 24. The topological polar surface area (TPSA) is 330 Å². The van der Waals surface area contributed by atoms with Crippen LogP contribution in [0.5, 0.6) is 16.7 Å². The first-order valence-electron chi connectivity index (χ1n) is 29.7. The van der Waals surface area contributed by atoms with E-state index in [1.807, 2.05) is 120 Å². The monoisotopic (exact) mass is 1440 g/mol. The Kier molecular flexibility index (Phi) is 26.5. The van der Waals surface area contributed by atoms with Crippen molar-refractivity contribution >= 4 is 76.4 Å². The number of hydrogen-bond acceptors (Lipinski definition) is 32. The fourth-order valence-corrected chi connectivity index (χ4v) is 12.4. The summed E-state index contributed by atoms with van der Waals surface area (Å²) in [6, 6.07) is 34.1. The number of hydrogen-bond donors (Lipinski definition) is 0. The molecule has 0 N–H and O–H groups in total. The molecule has 0 fully saturated rings. The maximum Gasteiger partial charge on any atom is 0.281 e. The van der Waals surface area contributed by atoms with Gasteiger partial charge in [0.25, 0.3) is 31.3 Å². The van der Waals surface area contributed by atoms with Gasteiger partial charge in [-0.25, -0.2) is 9.97 Å². The zero-order chi connectivity index (χ0) is 67.9. The van der Waals surface area contributed by atoms with Gasteiger partial charge in [-0.3, -0.25) is 29.9 Å². The number of aromatic nitrogens is 18. The number of thiazole rings is 1. The van der Waals surface area contributed by atoms with E-state index in [9.17, 15) is 0 Å². The molecular weight excluding hydrogens is 1380 g/mol. The normalized spacial score (nSPS) is 11.2. The molecule has 15 rings (SSSR count). The summed E-state index contributed by atoms with van der Waals surface area (Å²) >= 11 is 9.00. The van der Waals surface area contributed by atoms with Crippen molar-refractivity contribution in [3.8, 4) is 74.0 Å². The van der Waals surface area contributed by atoms with Crippen molar-refractivity contribution in [2.75, 3.05) is 38.6 Å². The molecule has 14 aromatic rings. The van der Waals surface area contributed by atoms with E-state index in [0.29, 0.717) is 60.8 Å². The van der Waals surface area contributed by atoms with Crippen molar-refractivity contribution in [3.63, 3.8) is 0 Å². The number of aliphatic imine (C=N–C) groups is 1. The van der Waals surface area contributed by atoms with Gasteiger partial charge in [-0.15, -0.1) is 51.0 Å². The van der Waals surface area contributed by atoms with E-state index >= 15 is 0 Å². The summed E-state index contributed by atoms with van der Waals surface area (Å²) in [5.74, 6) is 7.53. The lowest BCUT2D eigenvalue weighted by Crippen LogP contribution is -1.96. The molecule has 0 bridgehead atoms. The highest BCUT2D eigenvalue weighted by Gasteiger charge is 2.15. The van der Waals surface area contributed by atoms with Crippen LogP contribution < -0.4 is 14.2 Å². The third-order valence-corrected chi connectivity index (χ3v) is 18.4. The maximum atomic E-state index is 5.64. The van der Waals surface area contributed by atoms with Crippen LogP contribution in [-0.2, 0) is 18.7 Å². The van der Waals surface area contributed by atoms with Crippen LogP contribution in [0.4, 0.5) is 0 Å². The van der Waals surface area contributed by atoms with Gasteiger partial charge in [0.2, 0.25) is 29.5 Å². The minimum atomic E-state index is 0.489. The van der Waals surface area contributed by atoms with Crippen molar-refractivity contribution in [3.05, 3.63) is 218 Å². The Morgan fingerprint density at radius 2 is 0.859 bits per heavy atom. The molecule has 0 unspecified atom stereocenters. The quantitative estimate of drug-likeness (QED) is 0.0507. The number of pyridine rings is 5. The number of nitrogens with zero attached hydrogens (tertiary/aromatic N) is 19. The number of thioether (sulfide) groups is 4. The van der Waals surface area contributed by atoms with Crippen LogP contribution in [0.15, 0.2) is 266 Å². The van der Waals surface area contributed by atoms with Gasteiger partial charge in [-0.05, 0) is 126 Å². The fraction of sp³-hybridized carbons (Fsp3) is 0.152. The smallest absolute Gasteiger partial charge is 0.281 e. The Bertz CT molecular complexity index is 4670. The molecule has 13 heterocycles. The van der Waals surface area contributed by atoms with Crippen molar-refractivity contribution in [1.29, 1.82) is 0 Å². The molecule has 0 atom stereocenters. The number of methoxy groups -OCH3 is 3. The lowest BCUT2D eigenvalue weighted by atomic mass is 10.2.